The van der Waals surface area contributed by atoms with E-state index in [0.717, 1.165) is 57.3 Å². The van der Waals surface area contributed by atoms with E-state index in [9.17, 15) is 0 Å². The van der Waals surface area contributed by atoms with Gasteiger partial charge in [-0.05, 0) is 63.5 Å². The van der Waals surface area contributed by atoms with E-state index in [2.05, 4.69) is 60.4 Å². The first-order chi connectivity index (χ1) is 12.6. The minimum atomic E-state index is 0.399. The van der Waals surface area contributed by atoms with Gasteiger partial charge >= 0.3 is 0 Å². The number of nitrogens with zero attached hydrogens (tertiary/aromatic N) is 2. The number of benzene rings is 1. The first kappa shape index (κ1) is 22.3. The Bertz CT molecular complexity index is 514. The zero-order valence-corrected chi connectivity index (χ0v) is 17.3. The highest BCUT2D eigenvalue weighted by molar-refractivity contribution is 5.79. The average Bonchev–Trinajstić information content (AvgIpc) is 2.67. The van der Waals surface area contributed by atoms with E-state index < -0.39 is 0 Å². The normalized spacial score (nSPS) is 12.9. The highest BCUT2D eigenvalue weighted by Crippen LogP contribution is 2.13. The summed E-state index contributed by atoms with van der Waals surface area (Å²) in [6.45, 7) is 13.7. The smallest absolute Gasteiger partial charge is 0.191 e. The zero-order chi connectivity index (χ0) is 19.2. The minimum absolute atomic E-state index is 0.399. The van der Waals surface area contributed by atoms with Gasteiger partial charge in [-0.15, -0.1) is 0 Å². The van der Waals surface area contributed by atoms with Crippen molar-refractivity contribution in [1.29, 1.82) is 0 Å². The summed E-state index contributed by atoms with van der Waals surface area (Å²) in [5.41, 5.74) is 1.19. The van der Waals surface area contributed by atoms with E-state index in [1.807, 2.05) is 19.2 Å². The molecule has 0 saturated carbocycles. The Morgan fingerprint density at radius 2 is 2.00 bits per heavy atom. The topological polar surface area (TPSA) is 48.9 Å². The summed E-state index contributed by atoms with van der Waals surface area (Å²) in [6.07, 6.45) is 3.35. The molecule has 5 nitrogen and oxygen atoms in total. The van der Waals surface area contributed by atoms with Crippen LogP contribution in [0.25, 0.3) is 0 Å². The number of aliphatic imine (C=N–C) groups is 1. The lowest BCUT2D eigenvalue weighted by Crippen LogP contribution is -2.42. The summed E-state index contributed by atoms with van der Waals surface area (Å²) < 4.78 is 5.70. The third-order valence-corrected chi connectivity index (χ3v) is 4.44. The van der Waals surface area contributed by atoms with Crippen LogP contribution >= 0.6 is 0 Å². The number of rotatable bonds is 12. The van der Waals surface area contributed by atoms with Crippen LogP contribution in [0.1, 0.15) is 52.5 Å². The van der Waals surface area contributed by atoms with Crippen molar-refractivity contribution in [3.05, 3.63) is 29.8 Å². The van der Waals surface area contributed by atoms with Crippen molar-refractivity contribution in [2.45, 2.75) is 59.5 Å². The number of nitrogens with one attached hydrogen (secondary N) is 2. The Hall–Kier alpha value is -1.75. The third-order valence-electron chi connectivity index (χ3n) is 4.44. The standard InChI is InChI=1S/C21H38N4O/c1-6-15-26-20-13-9-12-19(16-20)17-23-21(22-5)24-18(4)11-10-14-25(7-2)8-3/h9,12-13,16,18H,6-8,10-11,14-15,17H2,1-5H3,(H2,22,23,24). The van der Waals surface area contributed by atoms with Crippen molar-refractivity contribution in [1.82, 2.24) is 15.5 Å². The Balaban J connectivity index is 2.38. The molecule has 2 N–H and O–H groups in total. The molecular weight excluding hydrogens is 324 g/mol. The van der Waals surface area contributed by atoms with Gasteiger partial charge in [-0.2, -0.15) is 0 Å². The molecule has 0 fully saturated rings. The van der Waals surface area contributed by atoms with Gasteiger partial charge in [0.25, 0.3) is 0 Å². The second-order valence-corrected chi connectivity index (χ2v) is 6.64. The van der Waals surface area contributed by atoms with Crippen molar-refractivity contribution in [2.24, 2.45) is 4.99 Å². The van der Waals surface area contributed by atoms with Gasteiger partial charge in [0, 0.05) is 19.6 Å². The fourth-order valence-corrected chi connectivity index (χ4v) is 2.81. The van der Waals surface area contributed by atoms with Crippen LogP contribution in [0, 0.1) is 0 Å². The molecule has 5 heteroatoms. The molecule has 0 spiro atoms. The molecular formula is C21H38N4O. The number of hydrogen-bond donors (Lipinski definition) is 2. The van der Waals surface area contributed by atoms with Crippen LogP contribution in [0.15, 0.2) is 29.3 Å². The van der Waals surface area contributed by atoms with Gasteiger partial charge in [-0.1, -0.05) is 32.9 Å². The first-order valence-electron chi connectivity index (χ1n) is 10.0. The second kappa shape index (κ2) is 13.5. The van der Waals surface area contributed by atoms with Gasteiger partial charge in [-0.3, -0.25) is 4.99 Å². The lowest BCUT2D eigenvalue weighted by Gasteiger charge is -2.21. The van der Waals surface area contributed by atoms with Crippen LogP contribution in [-0.4, -0.2) is 50.2 Å². The Morgan fingerprint density at radius 1 is 1.23 bits per heavy atom. The van der Waals surface area contributed by atoms with Crippen LogP contribution in [0.3, 0.4) is 0 Å². The SMILES string of the molecule is CCCOc1cccc(CNC(=NC)NC(C)CCCN(CC)CC)c1. The number of hydrogen-bond acceptors (Lipinski definition) is 3. The molecule has 1 aromatic carbocycles. The summed E-state index contributed by atoms with van der Waals surface area (Å²) in [7, 11) is 1.82. The second-order valence-electron chi connectivity index (χ2n) is 6.64. The molecule has 0 radical (unpaired) electrons. The van der Waals surface area contributed by atoms with E-state index in [4.69, 9.17) is 4.74 Å². The molecule has 1 rings (SSSR count). The van der Waals surface area contributed by atoms with E-state index in [1.54, 1.807) is 0 Å². The molecule has 0 bridgehead atoms. The van der Waals surface area contributed by atoms with Crippen LogP contribution in [0.4, 0.5) is 0 Å². The monoisotopic (exact) mass is 362 g/mol. The Morgan fingerprint density at radius 3 is 2.65 bits per heavy atom. The highest BCUT2D eigenvalue weighted by Gasteiger charge is 2.07. The maximum atomic E-state index is 5.70. The first-order valence-corrected chi connectivity index (χ1v) is 10.0. The molecule has 0 aliphatic rings. The summed E-state index contributed by atoms with van der Waals surface area (Å²) >= 11 is 0. The minimum Gasteiger partial charge on any atom is -0.494 e. The fraction of sp³-hybridized carbons (Fsp3) is 0.667. The molecule has 0 heterocycles. The predicted octanol–water partition coefficient (Wildman–Crippen LogP) is 3.65. The van der Waals surface area contributed by atoms with Crippen molar-refractivity contribution >= 4 is 5.96 Å². The van der Waals surface area contributed by atoms with E-state index in [0.29, 0.717) is 6.04 Å². The average molecular weight is 363 g/mol. The maximum Gasteiger partial charge on any atom is 0.191 e. The van der Waals surface area contributed by atoms with Crippen molar-refractivity contribution in [2.75, 3.05) is 33.3 Å². The highest BCUT2D eigenvalue weighted by atomic mass is 16.5. The molecule has 0 aromatic heterocycles. The quantitative estimate of drug-likeness (QED) is 0.440. The summed E-state index contributed by atoms with van der Waals surface area (Å²) in [5.74, 6) is 1.78. The van der Waals surface area contributed by atoms with Crippen LogP contribution in [0.5, 0.6) is 5.75 Å². The van der Waals surface area contributed by atoms with Gasteiger partial charge in [0.2, 0.25) is 0 Å². The van der Waals surface area contributed by atoms with Crippen molar-refractivity contribution < 1.29 is 4.74 Å². The van der Waals surface area contributed by atoms with Gasteiger partial charge in [0.1, 0.15) is 5.75 Å². The van der Waals surface area contributed by atoms with E-state index in [1.165, 1.54) is 12.0 Å². The molecule has 26 heavy (non-hydrogen) atoms. The summed E-state index contributed by atoms with van der Waals surface area (Å²) in [4.78, 5) is 6.81. The van der Waals surface area contributed by atoms with E-state index in [-0.39, 0.29) is 0 Å². The lowest BCUT2D eigenvalue weighted by atomic mass is 10.2. The molecule has 1 aromatic rings. The van der Waals surface area contributed by atoms with Gasteiger partial charge in [-0.25, -0.2) is 0 Å². The summed E-state index contributed by atoms with van der Waals surface area (Å²) in [5, 5.41) is 6.88. The molecule has 0 aliphatic carbocycles. The van der Waals surface area contributed by atoms with Crippen molar-refractivity contribution in [3.8, 4) is 5.75 Å². The van der Waals surface area contributed by atoms with Crippen molar-refractivity contribution in [3.63, 3.8) is 0 Å². The molecule has 0 aliphatic heterocycles. The Labute approximate surface area is 160 Å². The fourth-order valence-electron chi connectivity index (χ4n) is 2.81. The maximum absolute atomic E-state index is 5.70. The number of guanidine groups is 1. The molecule has 148 valence electrons. The summed E-state index contributed by atoms with van der Waals surface area (Å²) in [6, 6.07) is 8.63. The van der Waals surface area contributed by atoms with Crippen LogP contribution in [-0.2, 0) is 6.54 Å². The van der Waals surface area contributed by atoms with Gasteiger partial charge in [0.05, 0.1) is 6.61 Å². The van der Waals surface area contributed by atoms with Crippen LogP contribution in [0.2, 0.25) is 0 Å². The molecule has 1 unspecified atom stereocenters. The third kappa shape index (κ3) is 9.09. The van der Waals surface area contributed by atoms with E-state index >= 15 is 0 Å². The predicted molar refractivity (Wildman–Crippen MR) is 112 cm³/mol. The molecule has 0 saturated heterocycles. The largest absolute Gasteiger partial charge is 0.494 e. The lowest BCUT2D eigenvalue weighted by molar-refractivity contribution is 0.292. The van der Waals surface area contributed by atoms with Crippen LogP contribution < -0.4 is 15.4 Å². The van der Waals surface area contributed by atoms with Gasteiger partial charge in [0.15, 0.2) is 5.96 Å². The number of ether oxygens (including phenoxy) is 1. The van der Waals surface area contributed by atoms with Gasteiger partial charge < -0.3 is 20.3 Å². The molecule has 1 atom stereocenters. The zero-order valence-electron chi connectivity index (χ0n) is 17.3. The Kier molecular flexibility index (Phi) is 11.5. The molecule has 0 amide bonds.